The van der Waals surface area contributed by atoms with Gasteiger partial charge in [0.2, 0.25) is 0 Å². The molecule has 186 valence electrons. The lowest BCUT2D eigenvalue weighted by Crippen LogP contribution is -2.26. The van der Waals surface area contributed by atoms with Crippen LogP contribution in [0.4, 0.5) is 11.5 Å². The summed E-state index contributed by atoms with van der Waals surface area (Å²) >= 11 is 0. The fourth-order valence-corrected chi connectivity index (χ4v) is 5.57. The topological polar surface area (TPSA) is 112 Å². The maximum absolute atomic E-state index is 12.9. The van der Waals surface area contributed by atoms with Crippen molar-refractivity contribution < 1.29 is 17.3 Å². The van der Waals surface area contributed by atoms with Crippen LogP contribution in [-0.4, -0.2) is 46.3 Å². The Labute approximate surface area is 209 Å². The number of anilines is 2. The molecular formula is C25H26N6O4S. The molecule has 2 aliphatic heterocycles. The van der Waals surface area contributed by atoms with Crippen molar-refractivity contribution in [1.82, 2.24) is 24.7 Å². The maximum atomic E-state index is 12.9. The number of fused-ring (bicyclic) bond motifs is 2. The van der Waals surface area contributed by atoms with Gasteiger partial charge in [-0.3, -0.25) is 4.98 Å². The fourth-order valence-electron chi connectivity index (χ4n) is 4.70. The van der Waals surface area contributed by atoms with Gasteiger partial charge in [0.1, 0.15) is 4.90 Å². The number of aryl methyl sites for hydroxylation is 2. The Balaban J connectivity index is 1.43. The van der Waals surface area contributed by atoms with Gasteiger partial charge >= 0.3 is 10.1 Å². The zero-order valence-corrected chi connectivity index (χ0v) is 20.7. The molecule has 1 unspecified atom stereocenters. The van der Waals surface area contributed by atoms with Crippen molar-refractivity contribution >= 4 is 32.8 Å². The third-order valence-electron chi connectivity index (χ3n) is 6.50. The van der Waals surface area contributed by atoms with E-state index in [4.69, 9.17) is 14.0 Å². The predicted molar refractivity (Wildman–Crippen MR) is 133 cm³/mol. The Bertz CT molecular complexity index is 1510. The van der Waals surface area contributed by atoms with Crippen molar-refractivity contribution in [1.29, 1.82) is 0 Å². The van der Waals surface area contributed by atoms with Crippen LogP contribution in [0.1, 0.15) is 43.2 Å². The van der Waals surface area contributed by atoms with Gasteiger partial charge in [0.05, 0.1) is 17.6 Å². The smallest absolute Gasteiger partial charge is 0.340 e. The Hall–Kier alpha value is -3.57. The summed E-state index contributed by atoms with van der Waals surface area (Å²) in [4.78, 5) is 15.8. The highest BCUT2D eigenvalue weighted by molar-refractivity contribution is 7.87. The van der Waals surface area contributed by atoms with Crippen LogP contribution in [0.25, 0.3) is 11.2 Å². The van der Waals surface area contributed by atoms with Crippen molar-refractivity contribution in [3.05, 3.63) is 60.0 Å². The number of rotatable bonds is 5. The van der Waals surface area contributed by atoms with E-state index in [2.05, 4.69) is 19.9 Å². The highest BCUT2D eigenvalue weighted by Crippen LogP contribution is 2.37. The van der Waals surface area contributed by atoms with Crippen LogP contribution in [-0.2, 0) is 21.3 Å². The minimum absolute atomic E-state index is 0.0530. The fraction of sp³-hybridized carbons (Fsp3) is 0.360. The first-order valence-corrected chi connectivity index (χ1v) is 13.5. The summed E-state index contributed by atoms with van der Waals surface area (Å²) < 4.78 is 38.8. The van der Waals surface area contributed by atoms with Crippen LogP contribution in [0.5, 0.6) is 5.88 Å². The van der Waals surface area contributed by atoms with Crippen LogP contribution in [0.15, 0.2) is 53.7 Å². The molecule has 0 aliphatic carbocycles. The first kappa shape index (κ1) is 22.9. The molecule has 0 N–H and O–H groups in total. The first-order valence-electron chi connectivity index (χ1n) is 12.1. The molecule has 1 fully saturated rings. The van der Waals surface area contributed by atoms with Crippen LogP contribution < -0.4 is 9.08 Å². The number of hydrogen-bond acceptors (Lipinski definition) is 9. The third-order valence-corrected chi connectivity index (χ3v) is 7.74. The van der Waals surface area contributed by atoms with Crippen molar-refractivity contribution in [2.24, 2.45) is 0 Å². The van der Waals surface area contributed by atoms with Gasteiger partial charge in [0, 0.05) is 19.3 Å². The molecule has 0 bridgehead atoms. The summed E-state index contributed by atoms with van der Waals surface area (Å²) in [5, 5.41) is 4.90. The van der Waals surface area contributed by atoms with Gasteiger partial charge in [-0.15, -0.1) is 5.10 Å². The van der Waals surface area contributed by atoms with E-state index in [-0.39, 0.29) is 17.0 Å². The average Bonchev–Trinajstić information content (AvgIpc) is 3.27. The maximum Gasteiger partial charge on any atom is 0.340 e. The van der Waals surface area contributed by atoms with E-state index in [1.54, 1.807) is 23.0 Å². The Morgan fingerprint density at radius 3 is 2.75 bits per heavy atom. The van der Waals surface area contributed by atoms with E-state index in [0.29, 0.717) is 23.6 Å². The number of pyridine rings is 1. The Morgan fingerprint density at radius 2 is 1.94 bits per heavy atom. The first-order chi connectivity index (χ1) is 17.5. The van der Waals surface area contributed by atoms with Gasteiger partial charge in [-0.1, -0.05) is 17.7 Å². The third kappa shape index (κ3) is 4.18. The molecule has 1 aromatic carbocycles. The summed E-state index contributed by atoms with van der Waals surface area (Å²) in [5.41, 5.74) is 3.93. The molecule has 0 amide bonds. The zero-order chi connectivity index (χ0) is 24.7. The van der Waals surface area contributed by atoms with Crippen LogP contribution in [0.3, 0.4) is 0 Å². The molecule has 1 saturated heterocycles. The number of nitrogens with zero attached hydrogens (tertiary/aromatic N) is 6. The van der Waals surface area contributed by atoms with Gasteiger partial charge in [0.25, 0.3) is 5.88 Å². The molecule has 5 heterocycles. The number of benzene rings is 1. The second kappa shape index (κ2) is 9.14. The molecule has 0 spiro atoms. The number of aromatic nitrogens is 5. The van der Waals surface area contributed by atoms with Crippen LogP contribution in [0.2, 0.25) is 0 Å². The lowest BCUT2D eigenvalue weighted by atomic mass is 10.1. The molecule has 0 saturated carbocycles. The normalized spacial score (nSPS) is 18.2. The predicted octanol–water partition coefficient (Wildman–Crippen LogP) is 4.08. The van der Waals surface area contributed by atoms with Crippen LogP contribution in [0, 0.1) is 6.92 Å². The molecule has 3 aromatic heterocycles. The second-order valence-corrected chi connectivity index (χ2v) is 10.6. The van der Waals surface area contributed by atoms with Gasteiger partial charge in [-0.2, -0.15) is 13.4 Å². The van der Waals surface area contributed by atoms with E-state index in [9.17, 15) is 8.42 Å². The van der Waals surface area contributed by atoms with Gasteiger partial charge < -0.3 is 13.8 Å². The van der Waals surface area contributed by atoms with Gasteiger partial charge in [0.15, 0.2) is 23.2 Å². The monoisotopic (exact) mass is 506 g/mol. The van der Waals surface area contributed by atoms with Gasteiger partial charge in [-0.05, 0) is 63.3 Å². The molecular weight excluding hydrogens is 480 g/mol. The standard InChI is InChI=1S/C25H26N6O4S/c1-17-9-11-18(12-10-17)36(32,33)35-21-16-27-23-24(28-21)31(22-8-2-3-15-34-22)29-25(23)30-14-5-6-19-20(30)7-4-13-26-19/h4,7,9-13,16,22H,2-3,5-6,8,14-15H2,1H3. The Morgan fingerprint density at radius 1 is 1.08 bits per heavy atom. The van der Waals surface area contributed by atoms with Gasteiger partial charge in [-0.25, -0.2) is 9.67 Å². The molecule has 2 aliphatic rings. The Kier molecular flexibility index (Phi) is 5.81. The summed E-state index contributed by atoms with van der Waals surface area (Å²) in [5.74, 6) is 0.529. The van der Waals surface area contributed by atoms with Crippen LogP contribution >= 0.6 is 0 Å². The highest BCUT2D eigenvalue weighted by Gasteiger charge is 2.29. The minimum atomic E-state index is -4.07. The van der Waals surface area contributed by atoms with Crippen molar-refractivity contribution in [2.75, 3.05) is 18.1 Å². The van der Waals surface area contributed by atoms with E-state index in [0.717, 1.165) is 55.6 Å². The SMILES string of the molecule is Cc1ccc(S(=O)(=O)Oc2cnc3c(N4CCCc5ncccc54)nn(C4CCCCO4)c3n2)cc1. The lowest BCUT2D eigenvalue weighted by molar-refractivity contribution is -0.0369. The summed E-state index contributed by atoms with van der Waals surface area (Å²) in [6.45, 7) is 3.28. The summed E-state index contributed by atoms with van der Waals surface area (Å²) in [7, 11) is -4.07. The minimum Gasteiger partial charge on any atom is -0.356 e. The second-order valence-electron chi connectivity index (χ2n) is 9.04. The molecule has 11 heteroatoms. The lowest BCUT2D eigenvalue weighted by Gasteiger charge is -2.28. The largest absolute Gasteiger partial charge is 0.356 e. The molecule has 10 nitrogen and oxygen atoms in total. The summed E-state index contributed by atoms with van der Waals surface area (Å²) in [6, 6.07) is 10.4. The quantitative estimate of drug-likeness (QED) is 0.370. The van der Waals surface area contributed by atoms with E-state index in [1.165, 1.54) is 18.3 Å². The summed E-state index contributed by atoms with van der Waals surface area (Å²) in [6.07, 6.45) is 7.42. The van der Waals surface area contributed by atoms with E-state index in [1.807, 2.05) is 19.1 Å². The highest BCUT2D eigenvalue weighted by atomic mass is 32.2. The molecule has 4 aromatic rings. The molecule has 1 atom stereocenters. The number of hydrogen-bond donors (Lipinski definition) is 0. The molecule has 6 rings (SSSR count). The average molecular weight is 507 g/mol. The van der Waals surface area contributed by atoms with E-state index >= 15 is 0 Å². The molecule has 0 radical (unpaired) electrons. The van der Waals surface area contributed by atoms with Crippen molar-refractivity contribution in [3.63, 3.8) is 0 Å². The number of ether oxygens (including phenoxy) is 1. The van der Waals surface area contributed by atoms with E-state index < -0.39 is 10.1 Å². The van der Waals surface area contributed by atoms with Crippen molar-refractivity contribution in [3.8, 4) is 5.88 Å². The zero-order valence-electron chi connectivity index (χ0n) is 19.9. The molecule has 36 heavy (non-hydrogen) atoms. The van der Waals surface area contributed by atoms with Crippen molar-refractivity contribution in [2.45, 2.75) is 50.2 Å².